The second-order valence-corrected chi connectivity index (χ2v) is 6.19. The lowest BCUT2D eigenvalue weighted by Crippen LogP contribution is -2.30. The molecule has 0 aliphatic rings. The summed E-state index contributed by atoms with van der Waals surface area (Å²) in [5, 5.41) is 15.6. The van der Waals surface area contributed by atoms with Gasteiger partial charge in [-0.05, 0) is 38.0 Å². The Morgan fingerprint density at radius 1 is 1.25 bits per heavy atom. The molecule has 0 aliphatic carbocycles. The predicted octanol–water partition coefficient (Wildman–Crippen LogP) is 3.15. The van der Waals surface area contributed by atoms with E-state index in [1.807, 2.05) is 25.1 Å². The molecule has 2 aromatic rings. The summed E-state index contributed by atoms with van der Waals surface area (Å²) in [5.74, 6) is 0.400. The quantitative estimate of drug-likeness (QED) is 0.858. The highest BCUT2D eigenvalue weighted by molar-refractivity contribution is 7.10. The highest BCUT2D eigenvalue weighted by atomic mass is 32.1. The number of phenols is 1. The molecule has 0 radical (unpaired) electrons. The molecule has 0 saturated carbocycles. The first kappa shape index (κ1) is 15.0. The van der Waals surface area contributed by atoms with Crippen LogP contribution in [0.4, 0.5) is 0 Å². The van der Waals surface area contributed by atoms with Crippen molar-refractivity contribution < 1.29 is 5.11 Å². The Kier molecular flexibility index (Phi) is 5.17. The van der Waals surface area contributed by atoms with Crippen LogP contribution in [0.3, 0.4) is 0 Å². The van der Waals surface area contributed by atoms with Gasteiger partial charge in [-0.3, -0.25) is 0 Å². The van der Waals surface area contributed by atoms with Crippen LogP contribution in [0.5, 0.6) is 5.75 Å². The fraction of sp³-hybridized carbons (Fsp3) is 0.375. The van der Waals surface area contributed by atoms with Gasteiger partial charge in [-0.2, -0.15) is 0 Å². The molecule has 0 aliphatic heterocycles. The van der Waals surface area contributed by atoms with Crippen LogP contribution in [-0.2, 0) is 6.54 Å². The van der Waals surface area contributed by atoms with E-state index in [0.717, 1.165) is 17.7 Å². The van der Waals surface area contributed by atoms with E-state index < -0.39 is 0 Å². The molecule has 0 bridgehead atoms. The Labute approximate surface area is 124 Å². The smallest absolute Gasteiger partial charge is 0.122 e. The van der Waals surface area contributed by atoms with Crippen molar-refractivity contribution in [3.63, 3.8) is 0 Å². The fourth-order valence-electron chi connectivity index (χ4n) is 2.22. The minimum atomic E-state index is 0.363. The minimum Gasteiger partial charge on any atom is -0.507 e. The predicted molar refractivity (Wildman–Crippen MR) is 85.3 cm³/mol. The van der Waals surface area contributed by atoms with Crippen molar-refractivity contribution in [1.82, 2.24) is 10.2 Å². The van der Waals surface area contributed by atoms with E-state index in [4.69, 9.17) is 0 Å². The second-order valence-electron chi connectivity index (χ2n) is 5.21. The van der Waals surface area contributed by atoms with E-state index in [1.54, 1.807) is 11.3 Å². The Balaban J connectivity index is 1.96. The van der Waals surface area contributed by atoms with E-state index in [1.165, 1.54) is 4.88 Å². The minimum absolute atomic E-state index is 0.363. The molecule has 2 rings (SSSR count). The monoisotopic (exact) mass is 290 g/mol. The lowest BCUT2D eigenvalue weighted by molar-refractivity contribution is 0.292. The van der Waals surface area contributed by atoms with E-state index in [9.17, 15) is 5.11 Å². The van der Waals surface area contributed by atoms with Crippen LogP contribution in [0.25, 0.3) is 0 Å². The van der Waals surface area contributed by atoms with Crippen molar-refractivity contribution in [2.75, 3.05) is 20.6 Å². The van der Waals surface area contributed by atoms with Crippen LogP contribution in [-0.4, -0.2) is 30.6 Å². The Morgan fingerprint density at radius 2 is 2.05 bits per heavy atom. The lowest BCUT2D eigenvalue weighted by atomic mass is 10.1. The van der Waals surface area contributed by atoms with Crippen molar-refractivity contribution in [3.8, 4) is 5.75 Å². The maximum absolute atomic E-state index is 10.0. The molecule has 2 N–H and O–H groups in total. The maximum atomic E-state index is 10.0. The van der Waals surface area contributed by atoms with Crippen LogP contribution in [0.15, 0.2) is 35.7 Å². The average Bonchev–Trinajstić information content (AvgIpc) is 2.92. The highest BCUT2D eigenvalue weighted by Gasteiger charge is 2.14. The van der Waals surface area contributed by atoms with Crippen molar-refractivity contribution >= 4 is 11.3 Å². The molecule has 1 heterocycles. The van der Waals surface area contributed by atoms with E-state index in [0.29, 0.717) is 18.3 Å². The second kappa shape index (κ2) is 6.88. The number of nitrogens with zero attached hydrogens (tertiary/aromatic N) is 1. The third-order valence-electron chi connectivity index (χ3n) is 3.47. The van der Waals surface area contributed by atoms with Crippen LogP contribution in [0, 0.1) is 6.92 Å². The summed E-state index contributed by atoms with van der Waals surface area (Å²) in [4.78, 5) is 3.57. The van der Waals surface area contributed by atoms with Gasteiger partial charge in [0.2, 0.25) is 0 Å². The summed E-state index contributed by atoms with van der Waals surface area (Å²) in [7, 11) is 4.19. The number of thiophene rings is 1. The largest absolute Gasteiger partial charge is 0.507 e. The van der Waals surface area contributed by atoms with Gasteiger partial charge in [0.15, 0.2) is 0 Å². The number of likely N-dealkylation sites (N-methyl/N-ethyl adjacent to an activating group) is 1. The lowest BCUT2D eigenvalue weighted by Gasteiger charge is -2.23. The van der Waals surface area contributed by atoms with Crippen LogP contribution >= 0.6 is 11.3 Å². The van der Waals surface area contributed by atoms with E-state index in [-0.39, 0.29) is 0 Å². The summed E-state index contributed by atoms with van der Waals surface area (Å²) in [6.45, 7) is 3.47. The third kappa shape index (κ3) is 3.60. The van der Waals surface area contributed by atoms with Gasteiger partial charge in [-0.15, -0.1) is 11.3 Å². The fourth-order valence-corrected chi connectivity index (χ4v) is 3.15. The molecule has 108 valence electrons. The number of benzene rings is 1. The first-order chi connectivity index (χ1) is 9.59. The van der Waals surface area contributed by atoms with Crippen LogP contribution in [0.1, 0.15) is 22.0 Å². The number of hydrogen-bond acceptors (Lipinski definition) is 4. The molecule has 1 aromatic carbocycles. The molecular weight excluding hydrogens is 268 g/mol. The Morgan fingerprint density at radius 3 is 2.70 bits per heavy atom. The van der Waals surface area contributed by atoms with Crippen molar-refractivity contribution in [1.29, 1.82) is 0 Å². The number of para-hydroxylation sites is 1. The summed E-state index contributed by atoms with van der Waals surface area (Å²) in [6, 6.07) is 10.5. The van der Waals surface area contributed by atoms with Crippen molar-refractivity contribution in [2.45, 2.75) is 19.5 Å². The number of rotatable bonds is 6. The van der Waals surface area contributed by atoms with Gasteiger partial charge in [0.05, 0.1) is 6.04 Å². The highest BCUT2D eigenvalue weighted by Crippen LogP contribution is 2.24. The number of phenolic OH excluding ortho intramolecular Hbond substituents is 1. The number of hydrogen-bond donors (Lipinski definition) is 2. The molecular formula is C16H22N2OS. The third-order valence-corrected chi connectivity index (χ3v) is 4.44. The Bertz CT molecular complexity index is 537. The molecule has 4 heteroatoms. The van der Waals surface area contributed by atoms with Gasteiger partial charge in [0.1, 0.15) is 5.75 Å². The number of aryl methyl sites for hydroxylation is 1. The summed E-state index contributed by atoms with van der Waals surface area (Å²) in [6.07, 6.45) is 0. The molecule has 0 spiro atoms. The summed E-state index contributed by atoms with van der Waals surface area (Å²) in [5.41, 5.74) is 1.88. The zero-order valence-electron chi connectivity index (χ0n) is 12.3. The van der Waals surface area contributed by atoms with Gasteiger partial charge in [-0.25, -0.2) is 0 Å². The maximum Gasteiger partial charge on any atom is 0.122 e. The first-order valence-electron chi connectivity index (χ1n) is 6.77. The zero-order chi connectivity index (χ0) is 14.5. The Hall–Kier alpha value is -1.36. The van der Waals surface area contributed by atoms with Crippen LogP contribution in [0.2, 0.25) is 0 Å². The van der Waals surface area contributed by atoms with Crippen LogP contribution < -0.4 is 5.32 Å². The molecule has 20 heavy (non-hydrogen) atoms. The topological polar surface area (TPSA) is 35.5 Å². The number of aromatic hydroxyl groups is 1. The molecule has 3 nitrogen and oxygen atoms in total. The first-order valence-corrected chi connectivity index (χ1v) is 7.65. The summed E-state index contributed by atoms with van der Waals surface area (Å²) >= 11 is 1.78. The molecule has 1 aromatic heterocycles. The number of nitrogens with one attached hydrogen (secondary N) is 1. The van der Waals surface area contributed by atoms with Gasteiger partial charge < -0.3 is 15.3 Å². The molecule has 0 saturated heterocycles. The van der Waals surface area contributed by atoms with Crippen molar-refractivity contribution in [2.24, 2.45) is 0 Å². The van der Waals surface area contributed by atoms with E-state index >= 15 is 0 Å². The standard InChI is InChI=1S/C16H22N2OS/c1-12-6-4-7-13(16(12)19)10-17-11-14(18(2)3)15-8-5-9-20-15/h4-9,14,17,19H,10-11H2,1-3H3. The van der Waals surface area contributed by atoms with Gasteiger partial charge in [0.25, 0.3) is 0 Å². The van der Waals surface area contributed by atoms with E-state index in [2.05, 4.69) is 41.8 Å². The molecule has 1 atom stereocenters. The summed E-state index contributed by atoms with van der Waals surface area (Å²) < 4.78 is 0. The van der Waals surface area contributed by atoms with Gasteiger partial charge in [-0.1, -0.05) is 24.3 Å². The molecule has 1 unspecified atom stereocenters. The molecule has 0 amide bonds. The van der Waals surface area contributed by atoms with Crippen molar-refractivity contribution in [3.05, 3.63) is 51.7 Å². The zero-order valence-corrected chi connectivity index (χ0v) is 13.1. The average molecular weight is 290 g/mol. The normalized spacial score (nSPS) is 12.8. The molecule has 0 fully saturated rings. The van der Waals surface area contributed by atoms with Gasteiger partial charge >= 0.3 is 0 Å². The SMILES string of the molecule is Cc1cccc(CNCC(c2cccs2)N(C)C)c1O. The van der Waals surface area contributed by atoms with Gasteiger partial charge in [0, 0.05) is 23.5 Å².